The molecular formula is C24H27N3O5. The van der Waals surface area contributed by atoms with Crippen molar-refractivity contribution in [3.05, 3.63) is 48.2 Å². The molecule has 3 aromatic rings. The van der Waals surface area contributed by atoms with E-state index in [2.05, 4.69) is 15.3 Å². The Bertz CT molecular complexity index is 1080. The van der Waals surface area contributed by atoms with Crippen molar-refractivity contribution in [1.82, 2.24) is 9.97 Å². The van der Waals surface area contributed by atoms with Crippen molar-refractivity contribution in [2.24, 2.45) is 0 Å². The molecular weight excluding hydrogens is 410 g/mol. The van der Waals surface area contributed by atoms with E-state index in [0.717, 1.165) is 12.8 Å². The molecule has 0 radical (unpaired) electrons. The minimum Gasteiger partial charge on any atom is -0.494 e. The number of nitrogens with zero attached hydrogens (tertiary/aromatic N) is 2. The summed E-state index contributed by atoms with van der Waals surface area (Å²) in [6, 6.07) is 12.8. The van der Waals surface area contributed by atoms with Gasteiger partial charge in [0, 0.05) is 12.7 Å². The fourth-order valence-corrected chi connectivity index (χ4v) is 3.51. The molecule has 0 bridgehead atoms. The van der Waals surface area contributed by atoms with Crippen LogP contribution >= 0.6 is 0 Å². The standard InChI is InChI=1S/C24H27N3O5/c1-3-29-16-11-12-21(30-4-2)20(14-16)27-23-22(24(28)32-15-17-8-7-13-31-17)25-18-9-5-6-10-19(18)26-23/h5-6,9-12,14,17H,3-4,7-8,13,15H2,1-2H3,(H,26,27)/t17-/m0/s1. The Hall–Kier alpha value is -3.39. The van der Waals surface area contributed by atoms with Gasteiger partial charge in [-0.1, -0.05) is 12.1 Å². The predicted molar refractivity (Wildman–Crippen MR) is 121 cm³/mol. The molecule has 1 aliphatic heterocycles. The maximum Gasteiger partial charge on any atom is 0.360 e. The van der Waals surface area contributed by atoms with Crippen LogP contribution in [0.15, 0.2) is 42.5 Å². The van der Waals surface area contributed by atoms with Crippen LogP contribution in [0.3, 0.4) is 0 Å². The Labute approximate surface area is 186 Å². The summed E-state index contributed by atoms with van der Waals surface area (Å²) in [6.07, 6.45) is 1.78. The molecule has 1 fully saturated rings. The summed E-state index contributed by atoms with van der Waals surface area (Å²) in [5.41, 5.74) is 1.99. The highest BCUT2D eigenvalue weighted by Gasteiger charge is 2.23. The number of esters is 1. The number of carbonyl (C=O) groups excluding carboxylic acids is 1. The molecule has 1 saturated heterocycles. The molecule has 4 rings (SSSR count). The largest absolute Gasteiger partial charge is 0.494 e. The lowest BCUT2D eigenvalue weighted by Gasteiger charge is -2.16. The average molecular weight is 437 g/mol. The molecule has 8 heteroatoms. The van der Waals surface area contributed by atoms with Gasteiger partial charge in [-0.25, -0.2) is 14.8 Å². The van der Waals surface area contributed by atoms with E-state index in [1.54, 1.807) is 0 Å². The molecule has 0 spiro atoms. The molecule has 1 aromatic heterocycles. The quantitative estimate of drug-likeness (QED) is 0.489. The zero-order valence-electron chi connectivity index (χ0n) is 18.3. The minimum atomic E-state index is -0.555. The van der Waals surface area contributed by atoms with Gasteiger partial charge < -0.3 is 24.3 Å². The average Bonchev–Trinajstić information content (AvgIpc) is 3.33. The van der Waals surface area contributed by atoms with E-state index in [0.29, 0.717) is 48.0 Å². The number of benzene rings is 2. The Morgan fingerprint density at radius 2 is 1.88 bits per heavy atom. The second-order valence-corrected chi connectivity index (χ2v) is 7.29. The third-order valence-electron chi connectivity index (χ3n) is 5.00. The van der Waals surface area contributed by atoms with Crippen molar-refractivity contribution < 1.29 is 23.7 Å². The van der Waals surface area contributed by atoms with Crippen molar-refractivity contribution in [3.63, 3.8) is 0 Å². The molecule has 8 nitrogen and oxygen atoms in total. The topological polar surface area (TPSA) is 91.8 Å². The zero-order chi connectivity index (χ0) is 22.3. The van der Waals surface area contributed by atoms with Crippen molar-refractivity contribution in [2.75, 3.05) is 31.7 Å². The highest BCUT2D eigenvalue weighted by Crippen LogP contribution is 2.33. The number of carbonyl (C=O) groups is 1. The molecule has 168 valence electrons. The minimum absolute atomic E-state index is 0.0730. The number of ether oxygens (including phenoxy) is 4. The summed E-state index contributed by atoms with van der Waals surface area (Å²) in [5, 5.41) is 3.22. The summed E-state index contributed by atoms with van der Waals surface area (Å²) >= 11 is 0. The number of hydrogen-bond acceptors (Lipinski definition) is 8. The normalized spacial score (nSPS) is 15.5. The van der Waals surface area contributed by atoms with Crippen molar-refractivity contribution in [2.45, 2.75) is 32.8 Å². The lowest BCUT2D eigenvalue weighted by molar-refractivity contribution is 0.0157. The van der Waals surface area contributed by atoms with E-state index in [-0.39, 0.29) is 24.2 Å². The molecule has 2 heterocycles. The van der Waals surface area contributed by atoms with Gasteiger partial charge in [-0.2, -0.15) is 0 Å². The van der Waals surface area contributed by atoms with Gasteiger partial charge in [-0.05, 0) is 51.0 Å². The van der Waals surface area contributed by atoms with E-state index in [4.69, 9.17) is 18.9 Å². The van der Waals surface area contributed by atoms with Gasteiger partial charge in [0.1, 0.15) is 18.1 Å². The van der Waals surface area contributed by atoms with Crippen LogP contribution in [-0.2, 0) is 9.47 Å². The van der Waals surface area contributed by atoms with Crippen LogP contribution in [0.5, 0.6) is 11.5 Å². The first kappa shape index (κ1) is 21.8. The van der Waals surface area contributed by atoms with Gasteiger partial charge in [-0.15, -0.1) is 0 Å². The fourth-order valence-electron chi connectivity index (χ4n) is 3.51. The number of hydrogen-bond donors (Lipinski definition) is 1. The van der Waals surface area contributed by atoms with Crippen LogP contribution in [0.2, 0.25) is 0 Å². The first-order valence-electron chi connectivity index (χ1n) is 10.9. The van der Waals surface area contributed by atoms with Crippen molar-refractivity contribution >= 4 is 28.5 Å². The summed E-state index contributed by atoms with van der Waals surface area (Å²) in [7, 11) is 0. The number of nitrogens with one attached hydrogen (secondary N) is 1. The second kappa shape index (κ2) is 10.3. The van der Waals surface area contributed by atoms with Gasteiger partial charge in [0.2, 0.25) is 0 Å². The maximum atomic E-state index is 13.0. The molecule has 0 unspecified atom stereocenters. The number of para-hydroxylation sites is 2. The smallest absolute Gasteiger partial charge is 0.360 e. The van der Waals surface area contributed by atoms with Crippen LogP contribution in [0, 0.1) is 0 Å². The first-order chi connectivity index (χ1) is 15.7. The highest BCUT2D eigenvalue weighted by molar-refractivity contribution is 5.96. The number of aromatic nitrogens is 2. The number of anilines is 2. The zero-order valence-corrected chi connectivity index (χ0v) is 18.3. The van der Waals surface area contributed by atoms with Crippen LogP contribution in [-0.4, -0.2) is 48.5 Å². The fraction of sp³-hybridized carbons (Fsp3) is 0.375. The Morgan fingerprint density at radius 3 is 2.59 bits per heavy atom. The van der Waals surface area contributed by atoms with E-state index in [9.17, 15) is 4.79 Å². The molecule has 32 heavy (non-hydrogen) atoms. The third-order valence-corrected chi connectivity index (χ3v) is 5.00. The van der Waals surface area contributed by atoms with E-state index >= 15 is 0 Å². The van der Waals surface area contributed by atoms with Crippen molar-refractivity contribution in [3.8, 4) is 11.5 Å². The Balaban J connectivity index is 1.68. The van der Waals surface area contributed by atoms with Gasteiger partial charge >= 0.3 is 5.97 Å². The summed E-state index contributed by atoms with van der Waals surface area (Å²) < 4.78 is 22.4. The molecule has 1 atom stereocenters. The summed E-state index contributed by atoms with van der Waals surface area (Å²) in [5.74, 6) is 1.02. The lowest BCUT2D eigenvalue weighted by atomic mass is 10.2. The monoisotopic (exact) mass is 437 g/mol. The van der Waals surface area contributed by atoms with Crippen LogP contribution in [0.25, 0.3) is 11.0 Å². The van der Waals surface area contributed by atoms with Crippen LogP contribution < -0.4 is 14.8 Å². The van der Waals surface area contributed by atoms with Crippen LogP contribution in [0.4, 0.5) is 11.5 Å². The predicted octanol–water partition coefficient (Wildman–Crippen LogP) is 4.51. The SMILES string of the molecule is CCOc1ccc(OCC)c(Nc2nc3ccccc3nc2C(=O)OC[C@@H]2CCCO2)c1. The molecule has 1 aliphatic rings. The third kappa shape index (κ3) is 5.08. The van der Waals surface area contributed by atoms with Gasteiger partial charge in [0.15, 0.2) is 11.5 Å². The number of fused-ring (bicyclic) bond motifs is 1. The highest BCUT2D eigenvalue weighted by atomic mass is 16.6. The Morgan fingerprint density at radius 1 is 1.09 bits per heavy atom. The van der Waals surface area contributed by atoms with Crippen molar-refractivity contribution in [1.29, 1.82) is 0 Å². The van der Waals surface area contributed by atoms with Gasteiger partial charge in [0.25, 0.3) is 0 Å². The molecule has 2 aromatic carbocycles. The molecule has 0 saturated carbocycles. The Kier molecular flexibility index (Phi) is 7.01. The maximum absolute atomic E-state index is 13.0. The molecule has 1 N–H and O–H groups in total. The second-order valence-electron chi connectivity index (χ2n) is 7.29. The lowest BCUT2D eigenvalue weighted by Crippen LogP contribution is -2.20. The van der Waals surface area contributed by atoms with Gasteiger partial charge in [0.05, 0.1) is 36.0 Å². The summed E-state index contributed by atoms with van der Waals surface area (Å²) in [6.45, 7) is 5.73. The van der Waals surface area contributed by atoms with E-state index in [1.807, 2.05) is 56.3 Å². The van der Waals surface area contributed by atoms with E-state index < -0.39 is 5.97 Å². The number of rotatable bonds is 9. The van der Waals surface area contributed by atoms with E-state index in [1.165, 1.54) is 0 Å². The first-order valence-corrected chi connectivity index (χ1v) is 10.9. The summed E-state index contributed by atoms with van der Waals surface area (Å²) in [4.78, 5) is 22.1. The molecule has 0 amide bonds. The van der Waals surface area contributed by atoms with Gasteiger partial charge in [-0.3, -0.25) is 0 Å². The van der Waals surface area contributed by atoms with Crippen LogP contribution in [0.1, 0.15) is 37.2 Å². The molecule has 0 aliphatic carbocycles.